The molecule has 90 valence electrons. The molecule has 0 aliphatic carbocycles. The summed E-state index contributed by atoms with van der Waals surface area (Å²) in [5.41, 5.74) is 5.57. The van der Waals surface area contributed by atoms with Crippen LogP contribution in [0.4, 0.5) is 13.2 Å². The minimum absolute atomic E-state index is 0. The van der Waals surface area contributed by atoms with Gasteiger partial charge in [-0.1, -0.05) is 12.1 Å². The molecule has 0 amide bonds. The molecule has 0 saturated carbocycles. The topological polar surface area (TPSA) is 44.5 Å². The summed E-state index contributed by atoms with van der Waals surface area (Å²) in [4.78, 5) is 0. The van der Waals surface area contributed by atoms with Crippen LogP contribution in [0.25, 0.3) is 0 Å². The van der Waals surface area contributed by atoms with Gasteiger partial charge in [-0.15, -0.1) is 21.2 Å². The maximum absolute atomic E-state index is 12.7. The number of alkyl halides is 3. The molecule has 0 spiro atoms. The molecule has 2 rings (SSSR count). The number of halogens is 4. The minimum Gasteiger partial charge on any atom is -0.395 e. The molecule has 1 aliphatic rings. The lowest BCUT2D eigenvalue weighted by Gasteiger charge is -2.10. The third-order valence-electron chi connectivity index (χ3n) is 2.02. The standard InChI is InChI=1S/C9H8F3NO2.ClH/c10-4-6(13)5-2-1-3-7-8(5)15-9(11,12)14-7;/h1-3,6H,4,13H2;1H/t6-;/m1./s1. The lowest BCUT2D eigenvalue weighted by Crippen LogP contribution is -2.26. The summed E-state index contributed by atoms with van der Waals surface area (Å²) in [7, 11) is 0. The van der Waals surface area contributed by atoms with Gasteiger partial charge in [0.05, 0.1) is 6.04 Å². The van der Waals surface area contributed by atoms with Gasteiger partial charge in [0.2, 0.25) is 0 Å². The van der Waals surface area contributed by atoms with E-state index in [-0.39, 0.29) is 29.5 Å². The highest BCUT2D eigenvalue weighted by molar-refractivity contribution is 5.85. The molecule has 0 saturated heterocycles. The lowest BCUT2D eigenvalue weighted by molar-refractivity contribution is -0.287. The quantitative estimate of drug-likeness (QED) is 0.883. The van der Waals surface area contributed by atoms with Crippen LogP contribution in [0.3, 0.4) is 0 Å². The van der Waals surface area contributed by atoms with Gasteiger partial charge in [0.15, 0.2) is 11.5 Å². The first-order valence-electron chi connectivity index (χ1n) is 4.24. The van der Waals surface area contributed by atoms with Crippen molar-refractivity contribution in [2.24, 2.45) is 5.73 Å². The van der Waals surface area contributed by atoms with E-state index in [1.807, 2.05) is 0 Å². The predicted octanol–water partition coefficient (Wildman–Crippen LogP) is 2.40. The largest absolute Gasteiger partial charge is 0.586 e. The summed E-state index contributed by atoms with van der Waals surface area (Å²) in [6.45, 7) is -0.856. The Morgan fingerprint density at radius 3 is 2.62 bits per heavy atom. The van der Waals surface area contributed by atoms with Gasteiger partial charge in [-0.2, -0.15) is 0 Å². The van der Waals surface area contributed by atoms with Crippen molar-refractivity contribution in [3.8, 4) is 11.5 Å². The van der Waals surface area contributed by atoms with Crippen molar-refractivity contribution >= 4 is 12.4 Å². The van der Waals surface area contributed by atoms with Gasteiger partial charge in [0.25, 0.3) is 0 Å². The highest BCUT2D eigenvalue weighted by Crippen LogP contribution is 2.44. The van der Waals surface area contributed by atoms with Crippen molar-refractivity contribution < 1.29 is 22.6 Å². The number of fused-ring (bicyclic) bond motifs is 1. The van der Waals surface area contributed by atoms with Crippen molar-refractivity contribution in [2.75, 3.05) is 6.67 Å². The van der Waals surface area contributed by atoms with Gasteiger partial charge < -0.3 is 15.2 Å². The fraction of sp³-hybridized carbons (Fsp3) is 0.333. The van der Waals surface area contributed by atoms with E-state index >= 15 is 0 Å². The van der Waals surface area contributed by atoms with Gasteiger partial charge in [-0.3, -0.25) is 0 Å². The Balaban J connectivity index is 0.00000128. The molecule has 3 nitrogen and oxygen atoms in total. The van der Waals surface area contributed by atoms with Gasteiger partial charge in [0.1, 0.15) is 6.67 Å². The van der Waals surface area contributed by atoms with E-state index in [0.717, 1.165) is 0 Å². The van der Waals surface area contributed by atoms with Crippen LogP contribution in [0.2, 0.25) is 0 Å². The number of benzene rings is 1. The molecule has 0 unspecified atom stereocenters. The first-order valence-corrected chi connectivity index (χ1v) is 4.24. The number of rotatable bonds is 2. The van der Waals surface area contributed by atoms with Crippen molar-refractivity contribution in [2.45, 2.75) is 12.3 Å². The molecule has 0 aromatic heterocycles. The minimum atomic E-state index is -3.70. The fourth-order valence-corrected chi connectivity index (χ4v) is 1.37. The zero-order valence-corrected chi connectivity index (χ0v) is 8.77. The van der Waals surface area contributed by atoms with Crippen LogP contribution in [0.1, 0.15) is 11.6 Å². The van der Waals surface area contributed by atoms with Crippen LogP contribution >= 0.6 is 12.4 Å². The van der Waals surface area contributed by atoms with E-state index in [2.05, 4.69) is 9.47 Å². The van der Waals surface area contributed by atoms with Crippen LogP contribution in [0.5, 0.6) is 11.5 Å². The summed E-state index contributed by atoms with van der Waals surface area (Å²) in [6, 6.07) is 3.20. The van der Waals surface area contributed by atoms with E-state index < -0.39 is 19.0 Å². The van der Waals surface area contributed by atoms with E-state index in [9.17, 15) is 13.2 Å². The monoisotopic (exact) mass is 255 g/mol. The molecule has 16 heavy (non-hydrogen) atoms. The Kier molecular flexibility index (Phi) is 3.54. The Hall–Kier alpha value is -1.14. The molecule has 0 bridgehead atoms. The Labute approximate surface area is 95.7 Å². The predicted molar refractivity (Wildman–Crippen MR) is 52.8 cm³/mol. The zero-order chi connectivity index (χ0) is 11.1. The summed E-state index contributed by atoms with van der Waals surface area (Å²) < 4.78 is 46.2. The third kappa shape index (κ3) is 2.17. The molecular weight excluding hydrogens is 247 g/mol. The highest BCUT2D eigenvalue weighted by atomic mass is 35.5. The summed E-state index contributed by atoms with van der Waals surface area (Å²) in [5, 5.41) is 0. The van der Waals surface area contributed by atoms with Crippen LogP contribution < -0.4 is 15.2 Å². The summed E-state index contributed by atoms with van der Waals surface area (Å²) >= 11 is 0. The molecule has 1 atom stereocenters. The van der Waals surface area contributed by atoms with Gasteiger partial charge in [-0.25, -0.2) is 4.39 Å². The van der Waals surface area contributed by atoms with Crippen LogP contribution in [0.15, 0.2) is 18.2 Å². The second-order valence-electron chi connectivity index (χ2n) is 3.10. The molecular formula is C9H9ClF3NO2. The summed E-state index contributed by atoms with van der Waals surface area (Å²) in [6.07, 6.45) is -3.70. The normalized spacial score (nSPS) is 17.8. The maximum atomic E-state index is 12.7. The number of nitrogens with two attached hydrogens (primary N) is 1. The number of ether oxygens (including phenoxy) is 2. The Morgan fingerprint density at radius 2 is 2.00 bits per heavy atom. The zero-order valence-electron chi connectivity index (χ0n) is 7.95. The molecule has 1 aromatic carbocycles. The van der Waals surface area contributed by atoms with Crippen molar-refractivity contribution in [1.29, 1.82) is 0 Å². The third-order valence-corrected chi connectivity index (χ3v) is 2.02. The average Bonchev–Trinajstić information content (AvgIpc) is 2.49. The van der Waals surface area contributed by atoms with E-state index in [1.165, 1.54) is 18.2 Å². The number of para-hydroxylation sites is 1. The summed E-state index contributed by atoms with van der Waals surface area (Å²) in [5.74, 6) is -0.311. The van der Waals surface area contributed by atoms with Crippen molar-refractivity contribution in [1.82, 2.24) is 0 Å². The van der Waals surface area contributed by atoms with Gasteiger partial charge >= 0.3 is 6.29 Å². The Morgan fingerprint density at radius 1 is 1.31 bits per heavy atom. The first-order chi connectivity index (χ1) is 7.03. The van der Waals surface area contributed by atoms with Gasteiger partial charge in [0, 0.05) is 5.56 Å². The van der Waals surface area contributed by atoms with E-state index in [0.29, 0.717) is 0 Å². The number of hydrogen-bond donors (Lipinski definition) is 1. The second kappa shape index (κ2) is 4.39. The molecule has 7 heteroatoms. The highest BCUT2D eigenvalue weighted by Gasteiger charge is 2.44. The van der Waals surface area contributed by atoms with Crippen molar-refractivity contribution in [3.05, 3.63) is 23.8 Å². The van der Waals surface area contributed by atoms with Crippen LogP contribution in [0, 0.1) is 0 Å². The van der Waals surface area contributed by atoms with Gasteiger partial charge in [-0.05, 0) is 6.07 Å². The van der Waals surface area contributed by atoms with E-state index in [4.69, 9.17) is 5.73 Å². The average molecular weight is 256 g/mol. The van der Waals surface area contributed by atoms with E-state index in [1.54, 1.807) is 0 Å². The first kappa shape index (κ1) is 12.9. The SMILES string of the molecule is Cl.N[C@H](CF)c1cccc2c1OC(F)(F)O2. The van der Waals surface area contributed by atoms with Crippen LogP contribution in [-0.4, -0.2) is 13.0 Å². The van der Waals surface area contributed by atoms with Crippen molar-refractivity contribution in [3.63, 3.8) is 0 Å². The molecule has 0 radical (unpaired) electrons. The molecule has 0 fully saturated rings. The number of hydrogen-bond acceptors (Lipinski definition) is 3. The maximum Gasteiger partial charge on any atom is 0.586 e. The second-order valence-corrected chi connectivity index (χ2v) is 3.10. The molecule has 1 aromatic rings. The van der Waals surface area contributed by atoms with Crippen LogP contribution in [-0.2, 0) is 0 Å². The molecule has 1 heterocycles. The fourth-order valence-electron chi connectivity index (χ4n) is 1.37. The lowest BCUT2D eigenvalue weighted by atomic mass is 10.1. The Bertz CT molecular complexity index is 389. The molecule has 2 N–H and O–H groups in total. The molecule has 1 aliphatic heterocycles. The smallest absolute Gasteiger partial charge is 0.395 e.